The van der Waals surface area contributed by atoms with Gasteiger partial charge in [-0.25, -0.2) is 9.59 Å². The summed E-state index contributed by atoms with van der Waals surface area (Å²) in [6.07, 6.45) is 2.29. The summed E-state index contributed by atoms with van der Waals surface area (Å²) in [6.45, 7) is 12.6. The van der Waals surface area contributed by atoms with Gasteiger partial charge in [0.25, 0.3) is 0 Å². The van der Waals surface area contributed by atoms with E-state index in [0.29, 0.717) is 17.6 Å². The summed E-state index contributed by atoms with van der Waals surface area (Å²) < 4.78 is 11.2. The summed E-state index contributed by atoms with van der Waals surface area (Å²) in [5.41, 5.74) is 1.41. The molecule has 0 aliphatic carbocycles. The fraction of sp³-hybridized carbons (Fsp3) is 0.429. The number of rotatable bonds is 10. The average Bonchev–Trinajstić information content (AvgIpc) is 2.59. The van der Waals surface area contributed by atoms with Crippen LogP contribution in [0.1, 0.15) is 58.1 Å². The molecule has 0 saturated heterocycles. The van der Waals surface area contributed by atoms with E-state index < -0.39 is 24.1 Å². The topological polar surface area (TPSA) is 52.6 Å². The maximum atomic E-state index is 12.1. The smallest absolute Gasteiger partial charge is 0.333 e. The Kier molecular flexibility index (Phi) is 8.68. The molecule has 0 N–H and O–H groups in total. The van der Waals surface area contributed by atoms with Crippen LogP contribution in [-0.2, 0) is 19.1 Å². The van der Waals surface area contributed by atoms with Crippen molar-refractivity contribution in [2.75, 3.05) is 0 Å². The first kappa shape index (κ1) is 20.7. The van der Waals surface area contributed by atoms with E-state index in [1.165, 1.54) is 0 Å². The van der Waals surface area contributed by atoms with Gasteiger partial charge in [-0.15, -0.1) is 0 Å². The first-order valence-electron chi connectivity index (χ1n) is 8.64. The Balaban J connectivity index is 3.11. The van der Waals surface area contributed by atoms with Crippen molar-refractivity contribution in [2.45, 2.75) is 58.7 Å². The number of carbonyl (C=O) groups is 2. The number of benzene rings is 1. The minimum atomic E-state index is -0.675. The second kappa shape index (κ2) is 10.5. The Morgan fingerprint density at radius 2 is 1.52 bits per heavy atom. The molecular formula is C21H28O4. The second-order valence-corrected chi connectivity index (χ2v) is 6.24. The molecule has 4 heteroatoms. The number of ether oxygens (including phenoxy) is 2. The van der Waals surface area contributed by atoms with Gasteiger partial charge >= 0.3 is 11.9 Å². The molecule has 1 aromatic carbocycles. The predicted octanol–water partition coefficient (Wildman–Crippen LogP) is 4.92. The highest BCUT2D eigenvalue weighted by Gasteiger charge is 2.30. The normalized spacial score (nSPS) is 12.8. The van der Waals surface area contributed by atoms with Crippen LogP contribution in [0.4, 0.5) is 0 Å². The highest BCUT2D eigenvalue weighted by atomic mass is 16.6. The van der Waals surface area contributed by atoms with E-state index in [2.05, 4.69) is 20.1 Å². The van der Waals surface area contributed by atoms with Gasteiger partial charge in [-0.1, -0.05) is 63.3 Å². The molecule has 0 bridgehead atoms. The molecule has 0 aromatic heterocycles. The van der Waals surface area contributed by atoms with Crippen molar-refractivity contribution < 1.29 is 19.1 Å². The summed E-state index contributed by atoms with van der Waals surface area (Å²) in [5, 5.41) is 0. The lowest BCUT2D eigenvalue weighted by Gasteiger charge is -2.27. The summed E-state index contributed by atoms with van der Waals surface area (Å²) in [7, 11) is 0. The third-order valence-electron chi connectivity index (χ3n) is 3.75. The van der Waals surface area contributed by atoms with Crippen LogP contribution in [0.2, 0.25) is 0 Å². The van der Waals surface area contributed by atoms with Gasteiger partial charge in [0.05, 0.1) is 0 Å². The number of carbonyl (C=O) groups excluding carboxylic acids is 2. The van der Waals surface area contributed by atoms with Crippen LogP contribution in [0.5, 0.6) is 0 Å². The van der Waals surface area contributed by atoms with Gasteiger partial charge in [0.1, 0.15) is 6.10 Å². The van der Waals surface area contributed by atoms with Crippen molar-refractivity contribution in [1.82, 2.24) is 0 Å². The highest BCUT2D eigenvalue weighted by molar-refractivity contribution is 5.88. The van der Waals surface area contributed by atoms with Gasteiger partial charge in [-0.2, -0.15) is 0 Å². The van der Waals surface area contributed by atoms with E-state index in [4.69, 9.17) is 9.47 Å². The Hall–Kier alpha value is -2.36. The molecule has 1 aromatic rings. The van der Waals surface area contributed by atoms with E-state index in [1.54, 1.807) is 13.8 Å². The fourth-order valence-corrected chi connectivity index (χ4v) is 2.32. The van der Waals surface area contributed by atoms with Crippen LogP contribution in [-0.4, -0.2) is 18.0 Å². The molecule has 0 spiro atoms. The summed E-state index contributed by atoms with van der Waals surface area (Å²) in [5.74, 6) is -0.977. The average molecular weight is 344 g/mol. The molecule has 0 aliphatic rings. The van der Waals surface area contributed by atoms with Crippen LogP contribution in [0.3, 0.4) is 0 Å². The van der Waals surface area contributed by atoms with E-state index in [9.17, 15) is 9.59 Å². The van der Waals surface area contributed by atoms with Crippen LogP contribution in [0.15, 0.2) is 54.6 Å². The molecule has 0 aliphatic heterocycles. The minimum Gasteiger partial charge on any atom is -0.455 e. The number of unbranched alkanes of at least 4 members (excludes halogenated alkanes) is 2. The molecule has 0 fully saturated rings. The number of esters is 2. The van der Waals surface area contributed by atoms with Crippen LogP contribution in [0, 0.1) is 0 Å². The lowest BCUT2D eigenvalue weighted by molar-refractivity contribution is -0.164. The van der Waals surface area contributed by atoms with Gasteiger partial charge in [0.2, 0.25) is 0 Å². The molecule has 1 rings (SSSR count). The van der Waals surface area contributed by atoms with Crippen molar-refractivity contribution in [3.05, 3.63) is 60.2 Å². The van der Waals surface area contributed by atoms with Gasteiger partial charge in [-0.05, 0) is 32.3 Å². The lowest BCUT2D eigenvalue weighted by Crippen LogP contribution is -2.29. The molecular weight excluding hydrogens is 316 g/mol. The molecule has 2 atom stereocenters. The molecule has 25 heavy (non-hydrogen) atoms. The minimum absolute atomic E-state index is 0.305. The first-order chi connectivity index (χ1) is 11.9. The molecule has 0 radical (unpaired) electrons. The van der Waals surface area contributed by atoms with Crippen molar-refractivity contribution in [1.29, 1.82) is 0 Å². The third kappa shape index (κ3) is 6.96. The molecule has 0 heterocycles. The van der Waals surface area contributed by atoms with E-state index in [0.717, 1.165) is 24.8 Å². The fourth-order valence-electron chi connectivity index (χ4n) is 2.32. The monoisotopic (exact) mass is 344 g/mol. The standard InChI is InChI=1S/C21H28O4/c1-6-7-9-14-18(24-20(22)15(2)3)19(25-21(23)16(4)5)17-12-10-8-11-13-17/h8,10-13,18-19H,2,4,6-7,9,14H2,1,3,5H3. The molecule has 0 amide bonds. The predicted molar refractivity (Wildman–Crippen MR) is 98.9 cm³/mol. The van der Waals surface area contributed by atoms with Crippen LogP contribution < -0.4 is 0 Å². The van der Waals surface area contributed by atoms with Gasteiger partial charge < -0.3 is 9.47 Å². The van der Waals surface area contributed by atoms with Crippen molar-refractivity contribution >= 4 is 11.9 Å². The Morgan fingerprint density at radius 3 is 2.04 bits per heavy atom. The lowest BCUT2D eigenvalue weighted by atomic mass is 9.99. The van der Waals surface area contributed by atoms with E-state index >= 15 is 0 Å². The number of hydrogen-bond donors (Lipinski definition) is 0. The summed E-state index contributed by atoms with van der Waals surface area (Å²) >= 11 is 0. The SMILES string of the molecule is C=C(C)C(=O)OC(CCCCC)C(OC(=O)C(=C)C)c1ccccc1. The van der Waals surface area contributed by atoms with Crippen molar-refractivity contribution in [2.24, 2.45) is 0 Å². The van der Waals surface area contributed by atoms with E-state index in [-0.39, 0.29) is 0 Å². The van der Waals surface area contributed by atoms with Gasteiger partial charge in [-0.3, -0.25) is 0 Å². The van der Waals surface area contributed by atoms with Crippen LogP contribution in [0.25, 0.3) is 0 Å². The number of hydrogen-bond acceptors (Lipinski definition) is 4. The largest absolute Gasteiger partial charge is 0.455 e. The van der Waals surface area contributed by atoms with Gasteiger partial charge in [0, 0.05) is 11.1 Å². The van der Waals surface area contributed by atoms with Crippen molar-refractivity contribution in [3.8, 4) is 0 Å². The van der Waals surface area contributed by atoms with Crippen LogP contribution >= 0.6 is 0 Å². The zero-order chi connectivity index (χ0) is 18.8. The second-order valence-electron chi connectivity index (χ2n) is 6.24. The molecule has 2 unspecified atom stereocenters. The Labute approximate surface area is 150 Å². The summed E-state index contributed by atoms with van der Waals surface area (Å²) in [6, 6.07) is 9.32. The van der Waals surface area contributed by atoms with E-state index in [1.807, 2.05) is 30.3 Å². The Morgan fingerprint density at radius 1 is 0.960 bits per heavy atom. The Bertz CT molecular complexity index is 604. The maximum Gasteiger partial charge on any atom is 0.333 e. The highest BCUT2D eigenvalue weighted by Crippen LogP contribution is 2.29. The maximum absolute atomic E-state index is 12.1. The third-order valence-corrected chi connectivity index (χ3v) is 3.75. The zero-order valence-corrected chi connectivity index (χ0v) is 15.4. The zero-order valence-electron chi connectivity index (χ0n) is 15.4. The van der Waals surface area contributed by atoms with Crippen molar-refractivity contribution in [3.63, 3.8) is 0 Å². The molecule has 136 valence electrons. The summed E-state index contributed by atoms with van der Waals surface area (Å²) in [4.78, 5) is 24.2. The molecule has 4 nitrogen and oxygen atoms in total. The van der Waals surface area contributed by atoms with Gasteiger partial charge in [0.15, 0.2) is 6.10 Å². The quantitative estimate of drug-likeness (QED) is 0.343. The first-order valence-corrected chi connectivity index (χ1v) is 8.64. The molecule has 0 saturated carbocycles.